The number of benzene rings is 1. The molecule has 0 saturated carbocycles. The Bertz CT molecular complexity index is 778. The zero-order valence-corrected chi connectivity index (χ0v) is 23.7. The summed E-state index contributed by atoms with van der Waals surface area (Å²) in [5.41, 5.74) is 2.50. The van der Waals surface area contributed by atoms with E-state index in [4.69, 9.17) is 6.33 Å². The van der Waals surface area contributed by atoms with Crippen molar-refractivity contribution in [2.24, 2.45) is 0 Å². The summed E-state index contributed by atoms with van der Waals surface area (Å²) in [6.07, 6.45) is 4.55. The topological polar surface area (TPSA) is 30.5 Å². The van der Waals surface area contributed by atoms with E-state index in [0.717, 1.165) is 0 Å². The molecule has 1 aliphatic rings. The van der Waals surface area contributed by atoms with Gasteiger partial charge in [-0.05, 0) is 0 Å². The maximum atomic E-state index is 7.21. The van der Waals surface area contributed by atoms with Gasteiger partial charge < -0.3 is 0 Å². The molecular weight excluding hydrogens is 449 g/mol. The van der Waals surface area contributed by atoms with Crippen LogP contribution in [0, 0.1) is 0 Å². The molecule has 1 N–H and O–H groups in total. The second-order valence-electron chi connectivity index (χ2n) is 10.1. The maximum absolute atomic E-state index is 7.21. The first-order chi connectivity index (χ1) is 11.1. The predicted octanol–water partition coefficient (Wildman–Crippen LogP) is 5.44. The van der Waals surface area contributed by atoms with Gasteiger partial charge in [0.05, 0.1) is 0 Å². The van der Waals surface area contributed by atoms with Crippen LogP contribution in [0.25, 0.3) is 6.08 Å². The van der Waals surface area contributed by atoms with Crippen molar-refractivity contribution in [3.8, 4) is 0 Å². The minimum absolute atomic E-state index is 0. The second-order valence-corrected chi connectivity index (χ2v) is 34.0. The van der Waals surface area contributed by atoms with Gasteiger partial charge >= 0.3 is 156 Å². The Balaban J connectivity index is 0.00000338. The molecule has 2 rings (SSSR count). The molecule has 0 amide bonds. The van der Waals surface area contributed by atoms with Crippen LogP contribution >= 0.6 is 24.8 Å². The minimum Gasteiger partial charge on any atom is -0.147 e. The molecule has 1 aromatic carbocycles. The van der Waals surface area contributed by atoms with E-state index in [1.807, 2.05) is 7.63 Å². The fourth-order valence-electron chi connectivity index (χ4n) is 4.93. The van der Waals surface area contributed by atoms with Crippen LogP contribution in [0.15, 0.2) is 30.3 Å². The molecule has 1 atom stereocenters. The standard InChI is InChI=1S/C9H7.C4H10N.C3H9OSi.C2H5O.CH3.2ClH.H2Si.Ti/c1-2-5-9-7-3-6-8(9)4-1;1-4(2,3)5;1-5(2,3)4;1-2-3;;;;;/h1-7H;5H,1-3H3;1-3H3;2H2,1H3;1H3;2*1H;1H2;/q;3*-1;;;;;+3. The molecular formula is C19H38Cl2NO2Si2Ti. The van der Waals surface area contributed by atoms with Crippen LogP contribution in [-0.4, -0.2) is 28.1 Å². The molecule has 0 aromatic heterocycles. The summed E-state index contributed by atoms with van der Waals surface area (Å²) >= 11 is -4.65. The number of rotatable bonds is 6. The largest absolute Gasteiger partial charge is 0.147 e. The molecule has 1 aliphatic carbocycles. The second kappa shape index (κ2) is 8.01. The van der Waals surface area contributed by atoms with Gasteiger partial charge in [-0.2, -0.15) is 0 Å². The van der Waals surface area contributed by atoms with Gasteiger partial charge in [-0.3, -0.25) is 0 Å². The van der Waals surface area contributed by atoms with E-state index in [0.29, 0.717) is 6.61 Å². The first-order valence-electron chi connectivity index (χ1n) is 9.32. The quantitative estimate of drug-likeness (QED) is 0.542. The summed E-state index contributed by atoms with van der Waals surface area (Å²) in [5, 5.41) is 2.31. The Hall–Kier alpha value is 0.568. The van der Waals surface area contributed by atoms with Crippen molar-refractivity contribution >= 4 is 46.8 Å². The number of allylic oxidation sites excluding steroid dienone is 1. The molecule has 0 saturated heterocycles. The Morgan fingerprint density at radius 2 is 1.70 bits per heavy atom. The molecule has 27 heavy (non-hydrogen) atoms. The Morgan fingerprint density at radius 1 is 1.15 bits per heavy atom. The Morgan fingerprint density at radius 3 is 2.19 bits per heavy atom. The Labute approximate surface area is 180 Å². The third-order valence-electron chi connectivity index (χ3n) is 4.74. The monoisotopic (exact) mass is 486 g/mol. The van der Waals surface area contributed by atoms with Crippen LogP contribution in [0.1, 0.15) is 43.0 Å². The van der Waals surface area contributed by atoms with Crippen LogP contribution in [0.2, 0.25) is 24.9 Å². The normalized spacial score (nSPS) is 19.3. The first-order valence-corrected chi connectivity index (χ1v) is 21.3. The van der Waals surface area contributed by atoms with Crippen LogP contribution in [-0.2, 0) is 20.1 Å². The summed E-state index contributed by atoms with van der Waals surface area (Å²) < 4.78 is 18.2. The van der Waals surface area contributed by atoms with Gasteiger partial charge in [0, 0.05) is 0 Å². The van der Waals surface area contributed by atoms with Crippen molar-refractivity contribution in [2.75, 3.05) is 6.61 Å². The van der Waals surface area contributed by atoms with Crippen molar-refractivity contribution in [1.82, 2.24) is 3.80 Å². The van der Waals surface area contributed by atoms with E-state index in [1.54, 1.807) is 0 Å². The zero-order valence-electron chi connectivity index (χ0n) is 18.1. The SMILES string of the molecule is CC[O][Ti]([CH3])(=[SiH2])([NH]C(C)(C)C)([O][Si](C)(C)C)[CH]1C=Cc2ccccc21.Cl.Cl. The number of hydrogen-bond donors (Lipinski definition) is 1. The molecule has 0 bridgehead atoms. The van der Waals surface area contributed by atoms with Crippen LogP contribution in [0.3, 0.4) is 0 Å². The molecule has 8 heteroatoms. The molecule has 0 spiro atoms. The summed E-state index contributed by atoms with van der Waals surface area (Å²) in [5.74, 6) is 0. The van der Waals surface area contributed by atoms with Gasteiger partial charge in [0.15, 0.2) is 0 Å². The van der Waals surface area contributed by atoms with Crippen molar-refractivity contribution in [2.45, 2.75) is 62.3 Å². The smallest absolute Gasteiger partial charge is 0.147 e. The van der Waals surface area contributed by atoms with Crippen molar-refractivity contribution in [3.63, 3.8) is 0 Å². The van der Waals surface area contributed by atoms with E-state index in [9.17, 15) is 0 Å². The van der Waals surface area contributed by atoms with E-state index >= 15 is 0 Å². The van der Waals surface area contributed by atoms with Gasteiger partial charge in [0.2, 0.25) is 0 Å². The fraction of sp³-hybridized carbons (Fsp3) is 0.579. The van der Waals surface area contributed by atoms with Gasteiger partial charge in [0.1, 0.15) is 0 Å². The molecule has 1 unspecified atom stereocenters. The minimum atomic E-state index is -4.65. The number of hydrogen-bond acceptors (Lipinski definition) is 3. The number of halogens is 2. The average molecular weight is 487 g/mol. The van der Waals surface area contributed by atoms with Gasteiger partial charge in [-0.25, -0.2) is 0 Å². The Kier molecular flexibility index (Phi) is 8.18. The molecule has 0 heterocycles. The van der Waals surface area contributed by atoms with Crippen molar-refractivity contribution in [3.05, 3.63) is 41.5 Å². The zero-order chi connectivity index (χ0) is 19.2. The molecule has 0 radical (unpaired) electrons. The van der Waals surface area contributed by atoms with Crippen LogP contribution in [0.5, 0.6) is 0 Å². The van der Waals surface area contributed by atoms with E-state index < -0.39 is 22.1 Å². The van der Waals surface area contributed by atoms with Crippen LogP contribution in [0.4, 0.5) is 0 Å². The molecule has 1 aromatic rings. The van der Waals surface area contributed by atoms with E-state index in [-0.39, 0.29) is 34.6 Å². The van der Waals surface area contributed by atoms with Gasteiger partial charge in [-0.1, -0.05) is 0 Å². The third kappa shape index (κ3) is 5.80. The van der Waals surface area contributed by atoms with Gasteiger partial charge in [0.25, 0.3) is 0 Å². The summed E-state index contributed by atoms with van der Waals surface area (Å²) in [7, 11) is 0.113. The van der Waals surface area contributed by atoms with E-state index in [1.165, 1.54) is 11.1 Å². The first kappa shape index (κ1) is 27.6. The van der Waals surface area contributed by atoms with Crippen molar-refractivity contribution in [1.29, 1.82) is 0 Å². The number of fused-ring (bicyclic) bond motifs is 1. The molecule has 0 aliphatic heterocycles. The van der Waals surface area contributed by atoms with E-state index in [2.05, 4.69) is 92.8 Å². The number of nitrogens with one attached hydrogen (secondary N) is 1. The van der Waals surface area contributed by atoms with Crippen LogP contribution < -0.4 is 3.80 Å². The summed E-state index contributed by atoms with van der Waals surface area (Å²) in [6.45, 7) is 16.2. The molecule has 0 fully saturated rings. The maximum Gasteiger partial charge on any atom is -0.147 e. The molecule has 157 valence electrons. The predicted molar refractivity (Wildman–Crippen MR) is 126 cm³/mol. The fourth-order valence-corrected chi connectivity index (χ4v) is 35.9. The summed E-state index contributed by atoms with van der Waals surface area (Å²) in [4.78, 5) is 0. The average Bonchev–Trinajstić information content (AvgIpc) is 2.78. The summed E-state index contributed by atoms with van der Waals surface area (Å²) in [6, 6.07) is 8.65. The third-order valence-corrected chi connectivity index (χ3v) is 25.1. The molecule has 3 nitrogen and oxygen atoms in total. The van der Waals surface area contributed by atoms with Gasteiger partial charge in [-0.15, -0.1) is 24.8 Å². The van der Waals surface area contributed by atoms with Crippen molar-refractivity contribution < 1.29 is 20.1 Å².